The van der Waals surface area contributed by atoms with Crippen molar-refractivity contribution in [2.24, 2.45) is 0 Å². The Hall–Kier alpha value is -3.80. The molecule has 0 amide bonds. The predicted octanol–water partition coefficient (Wildman–Crippen LogP) is 7.99. The maximum absolute atomic E-state index is 9.79. The van der Waals surface area contributed by atoms with E-state index in [0.29, 0.717) is 58.5 Å². The van der Waals surface area contributed by atoms with E-state index >= 15 is 0 Å². The number of phenolic OH excluding ortho intramolecular Hbond substituents is 1. The van der Waals surface area contributed by atoms with Gasteiger partial charge < -0.3 is 32.9 Å². The summed E-state index contributed by atoms with van der Waals surface area (Å²) in [7, 11) is 0. The second-order valence-corrected chi connectivity index (χ2v) is 13.6. The number of benzene rings is 2. The van der Waals surface area contributed by atoms with E-state index in [0.717, 1.165) is 34.2 Å². The number of alkyl halides is 2. The fourth-order valence-corrected chi connectivity index (χ4v) is 7.45. The minimum Gasteiger partial charge on any atom is -0.508 e. The molecule has 0 saturated carbocycles. The number of nitrogens with zero attached hydrogens (tertiary/aromatic N) is 2. The van der Waals surface area contributed by atoms with Crippen molar-refractivity contribution in [3.05, 3.63) is 113 Å². The van der Waals surface area contributed by atoms with Gasteiger partial charge in [-0.15, -0.1) is 23.2 Å². The van der Waals surface area contributed by atoms with Crippen LogP contribution >= 0.6 is 23.2 Å². The molecule has 0 bridgehead atoms. The van der Waals surface area contributed by atoms with Crippen molar-refractivity contribution >= 4 is 23.2 Å². The van der Waals surface area contributed by atoms with E-state index in [4.69, 9.17) is 51.0 Å². The van der Waals surface area contributed by atoms with Gasteiger partial charge in [-0.25, -0.2) is 0 Å². The quantitative estimate of drug-likeness (QED) is 0.181. The van der Waals surface area contributed by atoms with Gasteiger partial charge in [0.1, 0.15) is 5.75 Å². The van der Waals surface area contributed by atoms with Gasteiger partial charge in [0.05, 0.1) is 79.8 Å². The normalized spacial score (nSPS) is 23.5. The number of aryl methyl sites for hydroxylation is 1. The van der Waals surface area contributed by atoms with Gasteiger partial charge in [0.15, 0.2) is 11.6 Å². The minimum atomic E-state index is -0.816. The molecule has 1 N–H and O–H groups in total. The van der Waals surface area contributed by atoms with Crippen LogP contribution in [0, 0.1) is 29.6 Å². The molecule has 2 atom stereocenters. The Kier molecular flexibility index (Phi) is 10.4. The molecular formula is C38H38Cl2N2O7. The molecule has 2 aliphatic heterocycles. The number of rotatable bonds is 8. The number of aromatic hydroxyl groups is 1. The molecule has 4 aliphatic rings. The number of ether oxygens (including phenoxy) is 4. The molecule has 9 nitrogen and oxygen atoms in total. The summed E-state index contributed by atoms with van der Waals surface area (Å²) in [6.07, 6.45) is 10.6. The van der Waals surface area contributed by atoms with Crippen LogP contribution in [0.4, 0.5) is 0 Å². The molecule has 2 unspecified atom stereocenters. The van der Waals surface area contributed by atoms with E-state index in [9.17, 15) is 15.6 Å². The third-order valence-corrected chi connectivity index (χ3v) is 9.98. The van der Waals surface area contributed by atoms with Gasteiger partial charge in [0, 0.05) is 24.0 Å². The van der Waals surface area contributed by atoms with Crippen molar-refractivity contribution in [3.63, 3.8) is 0 Å². The molecule has 2 aromatic heterocycles. The van der Waals surface area contributed by atoms with Gasteiger partial charge in [-0.2, -0.15) is 10.5 Å². The summed E-state index contributed by atoms with van der Waals surface area (Å²) in [4.78, 5) is 0. The summed E-state index contributed by atoms with van der Waals surface area (Å²) in [6.45, 7) is 4.30. The fraction of sp³-hybridized carbons (Fsp3) is 0.421. The maximum atomic E-state index is 9.79. The largest absolute Gasteiger partial charge is 0.508 e. The number of halogens is 2. The van der Waals surface area contributed by atoms with Crippen LogP contribution in [0.5, 0.6) is 5.75 Å². The monoisotopic (exact) mass is 704 g/mol. The molecule has 4 heterocycles. The number of fused-ring (bicyclic) bond motifs is 2. The highest BCUT2D eigenvalue weighted by atomic mass is 35.5. The standard InChI is InChI=1S/C19H19NO3.C18H17NO4.CH2Cl2/c1-14-2-3-17-15(10-14)11-18(17,13-20)5-6-19(22-8-9-23-19)16-4-7-21-12-16;19-12-17(10-13-9-15(20)1-2-16(13)17)4-5-18(22-7-8-23-18)14-3-6-21-11-14;2-1-3/h2-4,7,10,12H,5-6,8-9,11H2,1H3;1-3,6,9,11,20H,4-5,7-8,10H2;1H2. The average molecular weight is 706 g/mol. The van der Waals surface area contributed by atoms with Crippen molar-refractivity contribution in [2.45, 2.75) is 67.9 Å². The van der Waals surface area contributed by atoms with Crippen molar-refractivity contribution in [1.82, 2.24) is 0 Å². The lowest BCUT2D eigenvalue weighted by Crippen LogP contribution is -2.40. The lowest BCUT2D eigenvalue weighted by molar-refractivity contribution is -0.174. The van der Waals surface area contributed by atoms with Gasteiger partial charge in [-0.3, -0.25) is 0 Å². The zero-order chi connectivity index (χ0) is 34.5. The molecule has 11 heteroatoms. The first-order valence-corrected chi connectivity index (χ1v) is 17.3. The molecule has 2 fully saturated rings. The van der Waals surface area contributed by atoms with E-state index in [1.165, 1.54) is 11.1 Å². The summed E-state index contributed by atoms with van der Waals surface area (Å²) in [6, 6.07) is 20.3. The predicted molar refractivity (Wildman–Crippen MR) is 181 cm³/mol. The first-order valence-electron chi connectivity index (χ1n) is 16.2. The van der Waals surface area contributed by atoms with Crippen LogP contribution in [-0.2, 0) is 54.2 Å². The molecule has 49 heavy (non-hydrogen) atoms. The van der Waals surface area contributed by atoms with Crippen molar-refractivity contribution in [2.75, 3.05) is 31.8 Å². The third kappa shape index (κ3) is 6.72. The topological polar surface area (TPSA) is 131 Å². The molecule has 8 rings (SSSR count). The van der Waals surface area contributed by atoms with E-state index in [1.54, 1.807) is 37.2 Å². The van der Waals surface area contributed by atoms with E-state index in [2.05, 4.69) is 37.3 Å². The third-order valence-electron chi connectivity index (χ3n) is 9.98. The zero-order valence-corrected chi connectivity index (χ0v) is 28.8. The Morgan fingerprint density at radius 1 is 0.673 bits per heavy atom. The van der Waals surface area contributed by atoms with Crippen LogP contribution in [-0.4, -0.2) is 36.9 Å². The molecule has 0 spiro atoms. The van der Waals surface area contributed by atoms with Crippen molar-refractivity contribution < 1.29 is 32.9 Å². The van der Waals surface area contributed by atoms with E-state index < -0.39 is 22.4 Å². The summed E-state index contributed by atoms with van der Waals surface area (Å²) < 4.78 is 33.9. The van der Waals surface area contributed by atoms with Crippen LogP contribution in [0.15, 0.2) is 82.4 Å². The summed E-state index contributed by atoms with van der Waals surface area (Å²) >= 11 is 9.53. The maximum Gasteiger partial charge on any atom is 0.198 e. The Morgan fingerprint density at radius 3 is 1.51 bits per heavy atom. The van der Waals surface area contributed by atoms with Gasteiger partial charge in [-0.1, -0.05) is 29.8 Å². The highest BCUT2D eigenvalue weighted by Gasteiger charge is 2.49. The number of hydrogen-bond acceptors (Lipinski definition) is 9. The minimum absolute atomic E-state index is 0.194. The van der Waals surface area contributed by atoms with Crippen molar-refractivity contribution in [1.29, 1.82) is 10.5 Å². The van der Waals surface area contributed by atoms with Gasteiger partial charge in [-0.05, 0) is 79.1 Å². The van der Waals surface area contributed by atoms with Crippen LogP contribution in [0.3, 0.4) is 0 Å². The summed E-state index contributed by atoms with van der Waals surface area (Å²) in [5, 5.41) is 29.3. The molecular weight excluding hydrogens is 667 g/mol. The highest BCUT2D eigenvalue weighted by molar-refractivity contribution is 6.40. The van der Waals surface area contributed by atoms with Crippen LogP contribution in [0.1, 0.15) is 64.6 Å². The lowest BCUT2D eigenvalue weighted by Gasteiger charge is -2.40. The highest BCUT2D eigenvalue weighted by Crippen LogP contribution is 2.49. The zero-order valence-electron chi connectivity index (χ0n) is 27.3. The SMILES string of the molecule is Cc1ccc2c(c1)CC2(C#N)CCC1(c2ccoc2)OCCO1.ClCCl.N#CC1(CCC2(c3ccoc3)OCCO2)Cc2cc(O)ccc21. The van der Waals surface area contributed by atoms with Gasteiger partial charge in [0.25, 0.3) is 0 Å². The van der Waals surface area contributed by atoms with Crippen molar-refractivity contribution in [3.8, 4) is 17.9 Å². The Balaban J connectivity index is 0.000000158. The van der Waals surface area contributed by atoms with Crippen LogP contribution < -0.4 is 0 Å². The Morgan fingerprint density at radius 2 is 1.12 bits per heavy atom. The number of nitriles is 2. The molecule has 2 saturated heterocycles. The molecule has 256 valence electrons. The molecule has 2 aliphatic carbocycles. The summed E-state index contributed by atoms with van der Waals surface area (Å²) in [5.74, 6) is -1.34. The van der Waals surface area contributed by atoms with E-state index in [1.807, 2.05) is 18.2 Å². The lowest BCUT2D eigenvalue weighted by atomic mass is 9.62. The Bertz CT molecular complexity index is 1670. The van der Waals surface area contributed by atoms with Gasteiger partial charge in [0.2, 0.25) is 0 Å². The second-order valence-electron chi connectivity index (χ2n) is 12.8. The number of phenols is 1. The first-order chi connectivity index (χ1) is 23.8. The smallest absolute Gasteiger partial charge is 0.198 e. The Labute approximate surface area is 295 Å². The van der Waals surface area contributed by atoms with Crippen LogP contribution in [0.25, 0.3) is 0 Å². The number of hydrogen-bond donors (Lipinski definition) is 1. The van der Waals surface area contributed by atoms with Gasteiger partial charge >= 0.3 is 0 Å². The molecule has 2 aromatic carbocycles. The van der Waals surface area contributed by atoms with E-state index in [-0.39, 0.29) is 11.1 Å². The summed E-state index contributed by atoms with van der Waals surface area (Å²) in [5.41, 5.74) is 6.52. The molecule has 4 aromatic rings. The average Bonchev–Trinajstić information content (AvgIpc) is 3.92. The first kappa shape index (κ1) is 35.0. The fourth-order valence-electron chi connectivity index (χ4n) is 7.45. The van der Waals surface area contributed by atoms with Crippen LogP contribution in [0.2, 0.25) is 0 Å². The molecule has 0 radical (unpaired) electrons. The second kappa shape index (κ2) is 14.6. The number of furan rings is 2.